The van der Waals surface area contributed by atoms with Crippen LogP contribution in [0.3, 0.4) is 0 Å². The SMILES string of the molecule is Cc1c(-c2cccc(Cl)c2)oc(=O)c(C#N)c1N1CCN(c2ccccc2)CC1. The standard InChI is InChI=1S/C23H20ClN3O2/c1-16-21(27-12-10-26(11-13-27)19-8-3-2-4-9-19)20(15-25)23(28)29-22(16)17-6-5-7-18(24)14-17/h2-9,14H,10-13H2,1H3. The summed E-state index contributed by atoms with van der Waals surface area (Å²) in [6.07, 6.45) is 0. The van der Waals surface area contributed by atoms with Crippen molar-refractivity contribution >= 4 is 23.0 Å². The summed E-state index contributed by atoms with van der Waals surface area (Å²) in [7, 11) is 0. The molecule has 0 amide bonds. The molecule has 0 N–H and O–H groups in total. The number of para-hydroxylation sites is 1. The molecule has 1 aromatic heterocycles. The number of halogens is 1. The van der Waals surface area contributed by atoms with E-state index in [2.05, 4.69) is 21.9 Å². The number of nitriles is 1. The van der Waals surface area contributed by atoms with Crippen LogP contribution in [-0.4, -0.2) is 26.2 Å². The number of anilines is 2. The van der Waals surface area contributed by atoms with E-state index in [1.807, 2.05) is 43.3 Å². The van der Waals surface area contributed by atoms with E-state index in [4.69, 9.17) is 16.0 Å². The van der Waals surface area contributed by atoms with Crippen LogP contribution in [0.1, 0.15) is 11.1 Å². The number of nitrogens with zero attached hydrogens (tertiary/aromatic N) is 3. The summed E-state index contributed by atoms with van der Waals surface area (Å²) < 4.78 is 5.52. The van der Waals surface area contributed by atoms with E-state index in [1.54, 1.807) is 12.1 Å². The van der Waals surface area contributed by atoms with Crippen LogP contribution in [0, 0.1) is 18.3 Å². The Labute approximate surface area is 174 Å². The van der Waals surface area contributed by atoms with Gasteiger partial charge < -0.3 is 14.2 Å². The molecule has 0 unspecified atom stereocenters. The van der Waals surface area contributed by atoms with E-state index in [-0.39, 0.29) is 5.56 Å². The van der Waals surface area contributed by atoms with Gasteiger partial charge in [0.15, 0.2) is 5.56 Å². The fraction of sp³-hybridized carbons (Fsp3) is 0.217. The number of hydrogen-bond donors (Lipinski definition) is 0. The summed E-state index contributed by atoms with van der Waals surface area (Å²) in [5.41, 5.74) is 2.77. The maximum atomic E-state index is 12.6. The van der Waals surface area contributed by atoms with Gasteiger partial charge in [-0.25, -0.2) is 4.79 Å². The minimum Gasteiger partial charge on any atom is -0.421 e. The molecule has 0 aliphatic carbocycles. The molecule has 4 rings (SSSR count). The predicted octanol–water partition coefficient (Wildman–Crippen LogP) is 4.47. The third kappa shape index (κ3) is 3.72. The fourth-order valence-electron chi connectivity index (χ4n) is 3.84. The number of hydrogen-bond acceptors (Lipinski definition) is 5. The predicted molar refractivity (Wildman–Crippen MR) is 116 cm³/mol. The molecule has 0 bridgehead atoms. The summed E-state index contributed by atoms with van der Waals surface area (Å²) in [6.45, 7) is 4.92. The van der Waals surface area contributed by atoms with Crippen molar-refractivity contribution in [2.45, 2.75) is 6.92 Å². The van der Waals surface area contributed by atoms with Crippen LogP contribution >= 0.6 is 11.6 Å². The molecule has 0 atom stereocenters. The maximum absolute atomic E-state index is 12.6. The van der Waals surface area contributed by atoms with Crippen molar-refractivity contribution in [3.8, 4) is 17.4 Å². The van der Waals surface area contributed by atoms with E-state index >= 15 is 0 Å². The molecule has 1 fully saturated rings. The van der Waals surface area contributed by atoms with Crippen molar-refractivity contribution in [2.75, 3.05) is 36.0 Å². The summed E-state index contributed by atoms with van der Waals surface area (Å²) in [4.78, 5) is 17.0. The highest BCUT2D eigenvalue weighted by Gasteiger charge is 2.26. The molecule has 2 aromatic carbocycles. The second-order valence-corrected chi connectivity index (χ2v) is 7.44. The van der Waals surface area contributed by atoms with Gasteiger partial charge in [-0.2, -0.15) is 5.26 Å². The number of benzene rings is 2. The molecule has 6 heteroatoms. The zero-order valence-corrected chi connectivity index (χ0v) is 16.8. The lowest BCUT2D eigenvalue weighted by atomic mass is 10.0. The molecule has 0 radical (unpaired) electrons. The Morgan fingerprint density at radius 2 is 1.69 bits per heavy atom. The molecule has 3 aromatic rings. The lowest BCUT2D eigenvalue weighted by Gasteiger charge is -2.38. The highest BCUT2D eigenvalue weighted by atomic mass is 35.5. The average molecular weight is 406 g/mol. The Balaban J connectivity index is 1.70. The van der Waals surface area contributed by atoms with Crippen LogP contribution in [0.25, 0.3) is 11.3 Å². The van der Waals surface area contributed by atoms with E-state index in [0.717, 1.165) is 24.2 Å². The number of rotatable bonds is 3. The van der Waals surface area contributed by atoms with E-state index in [9.17, 15) is 10.1 Å². The quantitative estimate of drug-likeness (QED) is 0.643. The van der Waals surface area contributed by atoms with Crippen LogP contribution in [0.2, 0.25) is 5.02 Å². The lowest BCUT2D eigenvalue weighted by molar-refractivity contribution is 0.518. The van der Waals surface area contributed by atoms with Gasteiger partial charge in [0.2, 0.25) is 0 Å². The summed E-state index contributed by atoms with van der Waals surface area (Å²) >= 11 is 6.12. The topological polar surface area (TPSA) is 60.5 Å². The Morgan fingerprint density at radius 3 is 2.34 bits per heavy atom. The molecule has 29 heavy (non-hydrogen) atoms. The van der Waals surface area contributed by atoms with Crippen molar-refractivity contribution in [1.29, 1.82) is 5.26 Å². The van der Waals surface area contributed by atoms with Crippen LogP contribution < -0.4 is 15.4 Å². The second kappa shape index (κ2) is 8.02. The molecule has 146 valence electrons. The minimum atomic E-state index is -0.617. The highest BCUT2D eigenvalue weighted by Crippen LogP contribution is 2.33. The molecular weight excluding hydrogens is 386 g/mol. The van der Waals surface area contributed by atoms with Crippen LogP contribution in [0.5, 0.6) is 0 Å². The summed E-state index contributed by atoms with van der Waals surface area (Å²) in [6, 6.07) is 19.5. The number of piperazine rings is 1. The first kappa shape index (κ1) is 19.1. The molecule has 0 spiro atoms. The van der Waals surface area contributed by atoms with Crippen molar-refractivity contribution < 1.29 is 4.42 Å². The van der Waals surface area contributed by atoms with E-state index in [1.165, 1.54) is 5.69 Å². The lowest BCUT2D eigenvalue weighted by Crippen LogP contribution is -2.47. The van der Waals surface area contributed by atoms with Gasteiger partial charge in [-0.3, -0.25) is 0 Å². The van der Waals surface area contributed by atoms with E-state index in [0.29, 0.717) is 29.6 Å². The fourth-order valence-corrected chi connectivity index (χ4v) is 4.03. The minimum absolute atomic E-state index is 0.0569. The highest BCUT2D eigenvalue weighted by molar-refractivity contribution is 6.30. The third-order valence-corrected chi connectivity index (χ3v) is 5.48. The smallest absolute Gasteiger partial charge is 0.356 e. The molecule has 5 nitrogen and oxygen atoms in total. The van der Waals surface area contributed by atoms with Gasteiger partial charge in [-0.1, -0.05) is 41.9 Å². The molecule has 1 aliphatic heterocycles. The Bertz CT molecular complexity index is 1130. The summed E-state index contributed by atoms with van der Waals surface area (Å²) in [5.74, 6) is 0.456. The third-order valence-electron chi connectivity index (χ3n) is 5.25. The normalized spacial score (nSPS) is 14.0. The van der Waals surface area contributed by atoms with Gasteiger partial charge in [-0.05, 0) is 31.2 Å². The Morgan fingerprint density at radius 1 is 1.00 bits per heavy atom. The average Bonchev–Trinajstić information content (AvgIpc) is 2.75. The molecular formula is C23H20ClN3O2. The Hall–Kier alpha value is -3.23. The molecule has 1 aliphatic rings. The van der Waals surface area contributed by atoms with Gasteiger partial charge in [0, 0.05) is 48.0 Å². The largest absolute Gasteiger partial charge is 0.421 e. The van der Waals surface area contributed by atoms with Crippen molar-refractivity contribution in [3.05, 3.63) is 81.2 Å². The van der Waals surface area contributed by atoms with Crippen LogP contribution in [-0.2, 0) is 0 Å². The van der Waals surface area contributed by atoms with Gasteiger partial charge in [0.1, 0.15) is 11.8 Å². The molecule has 2 heterocycles. The van der Waals surface area contributed by atoms with Gasteiger partial charge in [0.25, 0.3) is 0 Å². The Kier molecular flexibility index (Phi) is 5.28. The van der Waals surface area contributed by atoms with E-state index < -0.39 is 5.63 Å². The zero-order valence-electron chi connectivity index (χ0n) is 16.1. The van der Waals surface area contributed by atoms with Crippen molar-refractivity contribution in [1.82, 2.24) is 0 Å². The first-order valence-corrected chi connectivity index (χ1v) is 9.85. The zero-order chi connectivity index (χ0) is 20.4. The van der Waals surface area contributed by atoms with Crippen LogP contribution in [0.4, 0.5) is 11.4 Å². The second-order valence-electron chi connectivity index (χ2n) is 7.00. The van der Waals surface area contributed by atoms with Crippen LogP contribution in [0.15, 0.2) is 63.8 Å². The first-order valence-electron chi connectivity index (χ1n) is 9.47. The van der Waals surface area contributed by atoms with Gasteiger partial charge in [-0.15, -0.1) is 0 Å². The first-order chi connectivity index (χ1) is 14.1. The van der Waals surface area contributed by atoms with Crippen molar-refractivity contribution in [2.24, 2.45) is 0 Å². The molecule has 0 saturated carbocycles. The summed E-state index contributed by atoms with van der Waals surface area (Å²) in [5, 5.41) is 10.2. The molecule has 1 saturated heterocycles. The van der Waals surface area contributed by atoms with Crippen molar-refractivity contribution in [3.63, 3.8) is 0 Å². The van der Waals surface area contributed by atoms with Gasteiger partial charge >= 0.3 is 5.63 Å². The van der Waals surface area contributed by atoms with Gasteiger partial charge in [0.05, 0.1) is 5.69 Å². The maximum Gasteiger partial charge on any atom is 0.356 e. The monoisotopic (exact) mass is 405 g/mol.